The normalized spacial score (nSPS) is 19.2. The molecule has 4 aromatic rings. The highest BCUT2D eigenvalue weighted by Gasteiger charge is 2.32. The van der Waals surface area contributed by atoms with Crippen LogP contribution in [0.4, 0.5) is 14.5 Å². The second-order valence-electron chi connectivity index (χ2n) is 10.2. The van der Waals surface area contributed by atoms with Gasteiger partial charge < -0.3 is 10.1 Å². The Balaban J connectivity index is 1.33. The van der Waals surface area contributed by atoms with Gasteiger partial charge in [-0.3, -0.25) is 14.1 Å². The minimum atomic E-state index is -4.20. The van der Waals surface area contributed by atoms with Crippen LogP contribution in [0.2, 0.25) is 0 Å². The molecule has 0 saturated carbocycles. The van der Waals surface area contributed by atoms with Gasteiger partial charge in [0.15, 0.2) is 11.6 Å². The Morgan fingerprint density at radius 1 is 1.14 bits per heavy atom. The third-order valence-corrected chi connectivity index (χ3v) is 9.01. The maximum absolute atomic E-state index is 14.9. The molecule has 2 saturated heterocycles. The summed E-state index contributed by atoms with van der Waals surface area (Å²) in [5.74, 6) is -1.04. The summed E-state index contributed by atoms with van der Waals surface area (Å²) in [7, 11) is -4.20. The number of ether oxygens (including phenoxy) is 1. The van der Waals surface area contributed by atoms with E-state index in [0.717, 1.165) is 41.5 Å². The second-order valence-corrected chi connectivity index (χ2v) is 11.9. The number of anilines is 1. The third-order valence-electron chi connectivity index (χ3n) is 7.52. The molecule has 0 bridgehead atoms. The van der Waals surface area contributed by atoms with Crippen LogP contribution in [0.15, 0.2) is 65.7 Å². The van der Waals surface area contributed by atoms with Crippen LogP contribution in [-0.4, -0.2) is 54.6 Å². The van der Waals surface area contributed by atoms with Crippen molar-refractivity contribution in [3.05, 3.63) is 88.2 Å². The molecule has 1 aromatic heterocycles. The van der Waals surface area contributed by atoms with E-state index in [-0.39, 0.29) is 41.9 Å². The molecule has 0 amide bonds. The molecule has 2 aliphatic rings. The summed E-state index contributed by atoms with van der Waals surface area (Å²) in [6.45, 7) is 1.48. The van der Waals surface area contributed by atoms with E-state index >= 15 is 0 Å². The first kappa shape index (κ1) is 27.8. The zero-order valence-corrected chi connectivity index (χ0v) is 23.1. The lowest BCUT2D eigenvalue weighted by atomic mass is 9.98. The molecule has 6 rings (SSSR count). The lowest BCUT2D eigenvalue weighted by Gasteiger charge is -2.18. The van der Waals surface area contributed by atoms with Gasteiger partial charge >= 0.3 is 10.2 Å². The van der Waals surface area contributed by atoms with E-state index in [4.69, 9.17) is 4.74 Å². The van der Waals surface area contributed by atoms with Crippen molar-refractivity contribution in [1.29, 1.82) is 5.26 Å². The fourth-order valence-electron chi connectivity index (χ4n) is 5.30. The summed E-state index contributed by atoms with van der Waals surface area (Å²) in [5, 5.41) is 13.4. The Morgan fingerprint density at radius 2 is 2.00 bits per heavy atom. The van der Waals surface area contributed by atoms with Crippen LogP contribution < -0.4 is 20.3 Å². The highest BCUT2D eigenvalue weighted by molar-refractivity contribution is 7.90. The van der Waals surface area contributed by atoms with Crippen LogP contribution in [0.5, 0.6) is 11.5 Å². The zero-order chi connectivity index (χ0) is 29.4. The standard InChI is InChI=1S/C29H26F2N6O4S/c30-20-9-11-36(16-20)42(39,40)35-27-7-5-25(31)28(24(27)14-32)41-22-4-6-26-23(13-22)29(38)37(17-34-26)21-3-1-2-18(12-21)19-8-10-33-15-19/h1-7,12-13,17,19-20,33,35H,8-11,15-16H2/t19?,20-/m1/s1. The van der Waals surface area contributed by atoms with Gasteiger partial charge in [0.1, 0.15) is 29.9 Å². The monoisotopic (exact) mass is 592 g/mol. The van der Waals surface area contributed by atoms with Crippen molar-refractivity contribution in [3.63, 3.8) is 0 Å². The number of nitrogens with zero attached hydrogens (tertiary/aromatic N) is 4. The smallest absolute Gasteiger partial charge is 0.301 e. The number of rotatable bonds is 7. The molecule has 3 aromatic carbocycles. The van der Waals surface area contributed by atoms with Crippen molar-refractivity contribution in [1.82, 2.24) is 19.2 Å². The number of nitriles is 1. The molecule has 2 fully saturated rings. The SMILES string of the molecule is N#Cc1c(NS(=O)(=O)N2CC[C@@H](F)C2)ccc(F)c1Oc1ccc2ncn(-c3cccc(C4CCNC4)c3)c(=O)c2c1. The number of hydrogen-bond acceptors (Lipinski definition) is 7. The molecule has 216 valence electrons. The zero-order valence-electron chi connectivity index (χ0n) is 22.3. The van der Waals surface area contributed by atoms with E-state index in [2.05, 4.69) is 15.0 Å². The number of fused-ring (bicyclic) bond motifs is 1. The van der Waals surface area contributed by atoms with Gasteiger partial charge in [0.2, 0.25) is 0 Å². The van der Waals surface area contributed by atoms with Gasteiger partial charge in [-0.25, -0.2) is 13.8 Å². The van der Waals surface area contributed by atoms with Crippen molar-refractivity contribution in [2.75, 3.05) is 30.9 Å². The highest BCUT2D eigenvalue weighted by atomic mass is 32.2. The predicted molar refractivity (Wildman–Crippen MR) is 152 cm³/mol. The number of aromatic nitrogens is 2. The number of hydrogen-bond donors (Lipinski definition) is 2. The Kier molecular flexibility index (Phi) is 7.36. The lowest BCUT2D eigenvalue weighted by Crippen LogP contribution is -2.34. The Hall–Kier alpha value is -4.38. The Morgan fingerprint density at radius 3 is 2.74 bits per heavy atom. The largest absolute Gasteiger partial charge is 0.453 e. The van der Waals surface area contributed by atoms with E-state index in [0.29, 0.717) is 17.1 Å². The van der Waals surface area contributed by atoms with Gasteiger partial charge in [0, 0.05) is 19.6 Å². The first-order valence-corrected chi connectivity index (χ1v) is 14.8. The Labute approximate surface area is 240 Å². The fraction of sp³-hybridized carbons (Fsp3) is 0.276. The number of nitrogens with one attached hydrogen (secondary N) is 2. The van der Waals surface area contributed by atoms with E-state index in [1.807, 2.05) is 24.3 Å². The second kappa shape index (κ2) is 11.1. The molecule has 0 aliphatic carbocycles. The maximum Gasteiger partial charge on any atom is 0.301 e. The molecule has 0 radical (unpaired) electrons. The summed E-state index contributed by atoms with van der Waals surface area (Å²) in [4.78, 5) is 17.9. The minimum absolute atomic E-state index is 0.0202. The van der Waals surface area contributed by atoms with Gasteiger partial charge in [-0.05, 0) is 73.3 Å². The molecule has 3 heterocycles. The predicted octanol–water partition coefficient (Wildman–Crippen LogP) is 3.97. The van der Waals surface area contributed by atoms with Gasteiger partial charge in [0.25, 0.3) is 5.56 Å². The minimum Gasteiger partial charge on any atom is -0.453 e. The van der Waals surface area contributed by atoms with Crippen molar-refractivity contribution >= 4 is 26.8 Å². The van der Waals surface area contributed by atoms with Crippen LogP contribution in [0.3, 0.4) is 0 Å². The Bertz CT molecular complexity index is 1890. The summed E-state index contributed by atoms with van der Waals surface area (Å²) in [6.07, 6.45) is 1.23. The first-order chi connectivity index (χ1) is 20.2. The first-order valence-electron chi connectivity index (χ1n) is 13.4. The number of benzene rings is 3. The molecular weight excluding hydrogens is 566 g/mol. The summed E-state index contributed by atoms with van der Waals surface area (Å²) in [6, 6.07) is 16.0. The fourth-order valence-corrected chi connectivity index (χ4v) is 6.58. The van der Waals surface area contributed by atoms with Gasteiger partial charge in [0.05, 0.1) is 22.3 Å². The van der Waals surface area contributed by atoms with Crippen LogP contribution in [0, 0.1) is 17.1 Å². The summed E-state index contributed by atoms with van der Waals surface area (Å²) in [5.41, 5.74) is 1.16. The number of alkyl halides is 1. The average molecular weight is 593 g/mol. The molecule has 1 unspecified atom stereocenters. The van der Waals surface area contributed by atoms with Gasteiger partial charge in [-0.1, -0.05) is 12.1 Å². The van der Waals surface area contributed by atoms with E-state index in [9.17, 15) is 27.3 Å². The molecule has 2 atom stereocenters. The van der Waals surface area contributed by atoms with Gasteiger partial charge in [-0.2, -0.15) is 18.0 Å². The molecule has 13 heteroatoms. The molecule has 42 heavy (non-hydrogen) atoms. The third kappa shape index (κ3) is 5.32. The van der Waals surface area contributed by atoms with Crippen molar-refractivity contribution in [2.45, 2.75) is 24.9 Å². The van der Waals surface area contributed by atoms with Crippen molar-refractivity contribution < 1.29 is 21.9 Å². The van der Waals surface area contributed by atoms with Crippen molar-refractivity contribution in [3.8, 4) is 23.3 Å². The average Bonchev–Trinajstić information content (AvgIpc) is 3.68. The van der Waals surface area contributed by atoms with Crippen molar-refractivity contribution in [2.24, 2.45) is 0 Å². The molecule has 2 N–H and O–H groups in total. The van der Waals surface area contributed by atoms with E-state index in [1.54, 1.807) is 6.07 Å². The van der Waals surface area contributed by atoms with Crippen LogP contribution >= 0.6 is 0 Å². The van der Waals surface area contributed by atoms with E-state index < -0.39 is 33.5 Å². The molecule has 2 aliphatic heterocycles. The van der Waals surface area contributed by atoms with Crippen LogP contribution in [0.1, 0.15) is 29.9 Å². The molecule has 0 spiro atoms. The highest BCUT2D eigenvalue weighted by Crippen LogP contribution is 2.35. The summed E-state index contributed by atoms with van der Waals surface area (Å²) >= 11 is 0. The topological polar surface area (TPSA) is 129 Å². The quantitative estimate of drug-likeness (QED) is 0.332. The van der Waals surface area contributed by atoms with E-state index in [1.165, 1.54) is 29.1 Å². The maximum atomic E-state index is 14.9. The lowest BCUT2D eigenvalue weighted by molar-refractivity contribution is 0.343. The molecule has 10 nitrogen and oxygen atoms in total. The van der Waals surface area contributed by atoms with Crippen LogP contribution in [-0.2, 0) is 10.2 Å². The van der Waals surface area contributed by atoms with Gasteiger partial charge in [-0.15, -0.1) is 0 Å². The molecular formula is C29H26F2N6O4S. The summed E-state index contributed by atoms with van der Waals surface area (Å²) < 4.78 is 64.4. The van der Waals surface area contributed by atoms with Crippen LogP contribution in [0.25, 0.3) is 16.6 Å². The number of halogens is 2.